The van der Waals surface area contributed by atoms with Crippen LogP contribution in [0.4, 0.5) is 5.69 Å². The number of nitrogens with zero attached hydrogens (tertiary/aromatic N) is 2. The first-order chi connectivity index (χ1) is 14.0. The molecular weight excluding hydrogens is 414 g/mol. The summed E-state index contributed by atoms with van der Waals surface area (Å²) in [6.45, 7) is 0.585. The van der Waals surface area contributed by atoms with Gasteiger partial charge in [-0.2, -0.15) is 5.10 Å². The van der Waals surface area contributed by atoms with Crippen molar-refractivity contribution in [2.45, 2.75) is 23.6 Å². The van der Waals surface area contributed by atoms with Crippen molar-refractivity contribution in [3.05, 3.63) is 65.8 Å². The molecule has 0 unspecified atom stereocenters. The van der Waals surface area contributed by atoms with Gasteiger partial charge in [0.1, 0.15) is 4.21 Å². The Morgan fingerprint density at radius 1 is 1.07 bits per heavy atom. The van der Waals surface area contributed by atoms with Gasteiger partial charge in [0.05, 0.1) is 11.3 Å². The summed E-state index contributed by atoms with van der Waals surface area (Å²) in [4.78, 5) is 24.3. The minimum atomic E-state index is -3.80. The first-order valence-corrected chi connectivity index (χ1v) is 11.0. The molecule has 0 aliphatic carbocycles. The first kappa shape index (κ1) is 20.6. The summed E-state index contributed by atoms with van der Waals surface area (Å²) >= 11 is 1.07. The highest BCUT2D eigenvalue weighted by molar-refractivity contribution is 7.94. The normalized spacial score (nSPS) is 11.0. The second-order valence-electron chi connectivity index (χ2n) is 5.96. The van der Waals surface area contributed by atoms with Crippen LogP contribution in [0, 0.1) is 0 Å². The maximum absolute atomic E-state index is 12.4. The van der Waals surface area contributed by atoms with E-state index in [9.17, 15) is 18.0 Å². The molecule has 3 N–H and O–H groups in total. The number of sulfonamides is 1. The molecule has 0 radical (unpaired) electrons. The van der Waals surface area contributed by atoms with Gasteiger partial charge in [0.25, 0.3) is 15.9 Å². The summed E-state index contributed by atoms with van der Waals surface area (Å²) < 4.78 is 29.1. The van der Waals surface area contributed by atoms with Crippen LogP contribution in [0.3, 0.4) is 0 Å². The van der Waals surface area contributed by atoms with Crippen LogP contribution in [0.25, 0.3) is 0 Å². The van der Waals surface area contributed by atoms with E-state index in [1.54, 1.807) is 46.7 Å². The molecule has 0 aliphatic rings. The lowest BCUT2D eigenvalue weighted by molar-refractivity contribution is -0.122. The highest BCUT2D eigenvalue weighted by Gasteiger charge is 2.19. The van der Waals surface area contributed by atoms with Gasteiger partial charge in [0.2, 0.25) is 5.91 Å². The van der Waals surface area contributed by atoms with E-state index in [4.69, 9.17) is 0 Å². The van der Waals surface area contributed by atoms with Crippen LogP contribution in [0.5, 0.6) is 0 Å². The molecule has 0 saturated carbocycles. The number of para-hydroxylation sites is 1. The van der Waals surface area contributed by atoms with E-state index < -0.39 is 15.9 Å². The van der Waals surface area contributed by atoms with Gasteiger partial charge in [-0.15, -0.1) is 11.3 Å². The predicted octanol–water partition coefficient (Wildman–Crippen LogP) is 1.99. The number of amides is 2. The largest absolute Gasteiger partial charge is 0.278 e. The van der Waals surface area contributed by atoms with E-state index in [-0.39, 0.29) is 27.8 Å². The summed E-state index contributed by atoms with van der Waals surface area (Å²) in [5.41, 5.74) is 4.85. The molecule has 1 aromatic carbocycles. The number of hydrazine groups is 1. The first-order valence-electron chi connectivity index (χ1n) is 8.68. The highest BCUT2D eigenvalue weighted by atomic mass is 32.2. The molecular formula is C18H19N5O4S2. The van der Waals surface area contributed by atoms with Crippen LogP contribution in [-0.4, -0.2) is 30.0 Å². The van der Waals surface area contributed by atoms with Crippen LogP contribution >= 0.6 is 11.3 Å². The monoisotopic (exact) mass is 433 g/mol. The Hall–Kier alpha value is -3.18. The number of carbonyl (C=O) groups excluding carboxylic acids is 2. The molecule has 3 aromatic rings. The number of anilines is 1. The molecule has 2 amide bonds. The maximum Gasteiger partial charge on any atom is 0.271 e. The van der Waals surface area contributed by atoms with E-state index in [0.29, 0.717) is 13.0 Å². The molecule has 9 nitrogen and oxygen atoms in total. The fourth-order valence-corrected chi connectivity index (χ4v) is 4.54. The molecule has 11 heteroatoms. The van der Waals surface area contributed by atoms with Gasteiger partial charge in [-0.3, -0.25) is 29.8 Å². The van der Waals surface area contributed by atoms with Crippen molar-refractivity contribution >= 4 is 38.9 Å². The Morgan fingerprint density at radius 3 is 2.62 bits per heavy atom. The number of nitrogens with one attached hydrogen (secondary N) is 3. The molecule has 2 aromatic heterocycles. The maximum atomic E-state index is 12.4. The highest BCUT2D eigenvalue weighted by Crippen LogP contribution is 2.22. The fraction of sp³-hybridized carbons (Fsp3) is 0.167. The van der Waals surface area contributed by atoms with E-state index in [1.165, 1.54) is 18.2 Å². The number of aromatic nitrogens is 2. The van der Waals surface area contributed by atoms with E-state index in [1.807, 2.05) is 0 Å². The van der Waals surface area contributed by atoms with Gasteiger partial charge in [0, 0.05) is 25.4 Å². The zero-order valence-electron chi connectivity index (χ0n) is 15.2. The second-order valence-corrected chi connectivity index (χ2v) is 8.82. The van der Waals surface area contributed by atoms with Crippen molar-refractivity contribution < 1.29 is 18.0 Å². The Balaban J connectivity index is 1.56. The summed E-state index contributed by atoms with van der Waals surface area (Å²) in [7, 11) is -3.80. The minimum Gasteiger partial charge on any atom is -0.278 e. The average Bonchev–Trinajstić information content (AvgIpc) is 3.40. The summed E-state index contributed by atoms with van der Waals surface area (Å²) in [5.74, 6) is -0.989. The number of thiophene rings is 1. The van der Waals surface area contributed by atoms with E-state index in [0.717, 1.165) is 11.3 Å². The third-order valence-corrected chi connectivity index (χ3v) is 6.60. The fourth-order valence-electron chi connectivity index (χ4n) is 2.47. The van der Waals surface area contributed by atoms with Gasteiger partial charge >= 0.3 is 0 Å². The lowest BCUT2D eigenvalue weighted by Gasteiger charge is -2.12. The molecule has 2 heterocycles. The quantitative estimate of drug-likeness (QED) is 0.469. The molecule has 0 fully saturated rings. The Labute approximate surface area is 171 Å². The predicted molar refractivity (Wildman–Crippen MR) is 109 cm³/mol. The van der Waals surface area contributed by atoms with Gasteiger partial charge in [-0.25, -0.2) is 8.42 Å². The zero-order valence-corrected chi connectivity index (χ0v) is 16.9. The van der Waals surface area contributed by atoms with Crippen molar-refractivity contribution in [2.75, 3.05) is 4.72 Å². The summed E-state index contributed by atoms with van der Waals surface area (Å²) in [6, 6.07) is 11.0. The van der Waals surface area contributed by atoms with Gasteiger partial charge in [0.15, 0.2) is 0 Å². The molecule has 3 rings (SSSR count). The standard InChI is InChI=1S/C18H19N5O4S2/c24-16(8-3-11-23-12-5-10-19-23)20-21-18(25)14-6-1-2-7-15(14)22-29(26,27)17-9-4-13-28-17/h1-2,4-7,9-10,12-13,22H,3,8,11H2,(H,20,24)(H,21,25). The van der Waals surface area contributed by atoms with Crippen molar-refractivity contribution in [1.82, 2.24) is 20.6 Å². The number of rotatable bonds is 8. The number of carbonyl (C=O) groups is 2. The average molecular weight is 434 g/mol. The second kappa shape index (κ2) is 9.34. The van der Waals surface area contributed by atoms with Gasteiger partial charge < -0.3 is 0 Å². The SMILES string of the molecule is O=C(CCCn1cccn1)NNC(=O)c1ccccc1NS(=O)(=O)c1cccs1. The third-order valence-electron chi connectivity index (χ3n) is 3.84. The van der Waals surface area contributed by atoms with Gasteiger partial charge in [-0.1, -0.05) is 18.2 Å². The lowest BCUT2D eigenvalue weighted by atomic mass is 10.2. The number of hydrogen-bond acceptors (Lipinski definition) is 6. The van der Waals surface area contributed by atoms with Crippen molar-refractivity contribution in [1.29, 1.82) is 0 Å². The van der Waals surface area contributed by atoms with Crippen LogP contribution in [0.1, 0.15) is 23.2 Å². The molecule has 152 valence electrons. The summed E-state index contributed by atoms with van der Waals surface area (Å²) in [5, 5.41) is 5.69. The van der Waals surface area contributed by atoms with Crippen molar-refractivity contribution in [2.24, 2.45) is 0 Å². The van der Waals surface area contributed by atoms with E-state index in [2.05, 4.69) is 20.7 Å². The number of benzene rings is 1. The van der Waals surface area contributed by atoms with Crippen LogP contribution < -0.4 is 15.6 Å². The lowest BCUT2D eigenvalue weighted by Crippen LogP contribution is -2.41. The minimum absolute atomic E-state index is 0.0875. The van der Waals surface area contributed by atoms with Crippen molar-refractivity contribution in [3.8, 4) is 0 Å². The van der Waals surface area contributed by atoms with Crippen LogP contribution in [0.15, 0.2) is 64.4 Å². The van der Waals surface area contributed by atoms with Crippen molar-refractivity contribution in [3.63, 3.8) is 0 Å². The summed E-state index contributed by atoms with van der Waals surface area (Å²) in [6.07, 6.45) is 4.21. The smallest absolute Gasteiger partial charge is 0.271 e. The molecule has 0 spiro atoms. The van der Waals surface area contributed by atoms with E-state index >= 15 is 0 Å². The Kier molecular flexibility index (Phi) is 6.62. The third kappa shape index (κ3) is 5.65. The zero-order chi connectivity index (χ0) is 20.7. The number of aryl methyl sites for hydroxylation is 1. The number of hydrogen-bond donors (Lipinski definition) is 3. The van der Waals surface area contributed by atoms with Gasteiger partial charge in [-0.05, 0) is 36.1 Å². The molecule has 0 saturated heterocycles. The van der Waals surface area contributed by atoms with Crippen LogP contribution in [0.2, 0.25) is 0 Å². The molecule has 29 heavy (non-hydrogen) atoms. The Bertz CT molecular complexity index is 1060. The molecule has 0 bridgehead atoms. The molecule has 0 aliphatic heterocycles. The molecule has 0 atom stereocenters. The van der Waals surface area contributed by atoms with Crippen LogP contribution in [-0.2, 0) is 21.4 Å². The Morgan fingerprint density at radius 2 is 1.90 bits per heavy atom. The topological polar surface area (TPSA) is 122 Å².